The van der Waals surface area contributed by atoms with Crippen LogP contribution in [0.1, 0.15) is 6.92 Å². The standard InChI is InChI=1S/C17H18ClNO2S/c1-13(21-15-7-5-6-14(18)12-15)17(20)19-10-11-22-16-8-3-2-4-9-16/h2-9,12-13H,10-11H2,1H3,(H,19,20)/t13-/m0/s1. The number of halogens is 1. The minimum Gasteiger partial charge on any atom is -0.481 e. The number of amides is 1. The fraction of sp³-hybridized carbons (Fsp3) is 0.235. The Labute approximate surface area is 140 Å². The van der Waals surface area contributed by atoms with Crippen LogP contribution in [-0.4, -0.2) is 24.3 Å². The normalized spacial score (nSPS) is 11.7. The maximum absolute atomic E-state index is 12.0. The van der Waals surface area contributed by atoms with Gasteiger partial charge in [-0.05, 0) is 37.3 Å². The van der Waals surface area contributed by atoms with Crippen molar-refractivity contribution in [3.8, 4) is 5.75 Å². The maximum atomic E-state index is 12.0. The number of rotatable bonds is 7. The molecule has 0 saturated heterocycles. The smallest absolute Gasteiger partial charge is 0.260 e. The molecule has 1 atom stereocenters. The fourth-order valence-corrected chi connectivity index (χ4v) is 2.77. The van der Waals surface area contributed by atoms with Crippen LogP contribution in [0.3, 0.4) is 0 Å². The second-order valence-corrected chi connectivity index (χ2v) is 6.27. The first-order valence-corrected chi connectivity index (χ1v) is 8.39. The van der Waals surface area contributed by atoms with E-state index in [1.165, 1.54) is 4.90 Å². The Hall–Kier alpha value is -1.65. The Kier molecular flexibility index (Phi) is 6.62. The third-order valence-corrected chi connectivity index (χ3v) is 4.14. The minimum absolute atomic E-state index is 0.131. The summed E-state index contributed by atoms with van der Waals surface area (Å²) in [4.78, 5) is 13.2. The zero-order valence-electron chi connectivity index (χ0n) is 12.3. The van der Waals surface area contributed by atoms with Gasteiger partial charge in [0.25, 0.3) is 5.91 Å². The first-order chi connectivity index (χ1) is 10.6. The average Bonchev–Trinajstić information content (AvgIpc) is 2.52. The number of hydrogen-bond donors (Lipinski definition) is 1. The van der Waals surface area contributed by atoms with Crippen LogP contribution in [0, 0.1) is 0 Å². The third-order valence-electron chi connectivity index (χ3n) is 2.89. The molecule has 0 unspecified atom stereocenters. The molecule has 0 spiro atoms. The van der Waals surface area contributed by atoms with E-state index in [4.69, 9.17) is 16.3 Å². The SMILES string of the molecule is C[C@H](Oc1cccc(Cl)c1)C(=O)NCCSc1ccccc1. The van der Waals surface area contributed by atoms with E-state index in [-0.39, 0.29) is 5.91 Å². The monoisotopic (exact) mass is 335 g/mol. The molecule has 116 valence electrons. The summed E-state index contributed by atoms with van der Waals surface area (Å²) < 4.78 is 5.57. The molecule has 5 heteroatoms. The van der Waals surface area contributed by atoms with Gasteiger partial charge in [0.2, 0.25) is 0 Å². The predicted octanol–water partition coefficient (Wildman–Crippen LogP) is 4.02. The van der Waals surface area contributed by atoms with Gasteiger partial charge >= 0.3 is 0 Å². The van der Waals surface area contributed by atoms with Gasteiger partial charge < -0.3 is 10.1 Å². The van der Waals surface area contributed by atoms with Crippen LogP contribution in [0.4, 0.5) is 0 Å². The van der Waals surface area contributed by atoms with E-state index in [1.807, 2.05) is 18.2 Å². The quantitative estimate of drug-likeness (QED) is 0.613. The molecule has 2 rings (SSSR count). The van der Waals surface area contributed by atoms with Crippen molar-refractivity contribution >= 4 is 29.3 Å². The number of ether oxygens (including phenoxy) is 1. The van der Waals surface area contributed by atoms with Crippen LogP contribution in [0.25, 0.3) is 0 Å². The lowest BCUT2D eigenvalue weighted by atomic mass is 10.3. The fourth-order valence-electron chi connectivity index (χ4n) is 1.80. The lowest BCUT2D eigenvalue weighted by Gasteiger charge is -2.14. The highest BCUT2D eigenvalue weighted by Crippen LogP contribution is 2.18. The number of hydrogen-bond acceptors (Lipinski definition) is 3. The highest BCUT2D eigenvalue weighted by atomic mass is 35.5. The van der Waals surface area contributed by atoms with Gasteiger partial charge in [-0.2, -0.15) is 0 Å². The van der Waals surface area contributed by atoms with Crippen molar-refractivity contribution in [1.82, 2.24) is 5.32 Å². The molecule has 0 aliphatic heterocycles. The Morgan fingerprint density at radius 1 is 1.23 bits per heavy atom. The van der Waals surface area contributed by atoms with Crippen LogP contribution < -0.4 is 10.1 Å². The molecule has 3 nitrogen and oxygen atoms in total. The molecule has 2 aromatic carbocycles. The third kappa shape index (κ3) is 5.62. The molecule has 0 fully saturated rings. The van der Waals surface area contributed by atoms with Gasteiger partial charge in [0, 0.05) is 22.2 Å². The highest BCUT2D eigenvalue weighted by Gasteiger charge is 2.14. The maximum Gasteiger partial charge on any atom is 0.260 e. The summed E-state index contributed by atoms with van der Waals surface area (Å²) >= 11 is 7.59. The molecule has 0 radical (unpaired) electrons. The van der Waals surface area contributed by atoms with Crippen molar-refractivity contribution in [2.24, 2.45) is 0 Å². The van der Waals surface area contributed by atoms with Gasteiger partial charge in [0.15, 0.2) is 6.10 Å². The van der Waals surface area contributed by atoms with Crippen LogP contribution in [-0.2, 0) is 4.79 Å². The van der Waals surface area contributed by atoms with E-state index in [9.17, 15) is 4.79 Å². The van der Waals surface area contributed by atoms with E-state index in [1.54, 1.807) is 43.0 Å². The van der Waals surface area contributed by atoms with Gasteiger partial charge in [0.05, 0.1) is 0 Å². The van der Waals surface area contributed by atoms with E-state index in [2.05, 4.69) is 17.4 Å². The predicted molar refractivity (Wildman–Crippen MR) is 91.7 cm³/mol. The van der Waals surface area contributed by atoms with Crippen molar-refractivity contribution in [2.45, 2.75) is 17.9 Å². The van der Waals surface area contributed by atoms with Gasteiger partial charge in [0.1, 0.15) is 5.75 Å². The largest absolute Gasteiger partial charge is 0.481 e. The van der Waals surface area contributed by atoms with E-state index in [0.717, 1.165) is 5.75 Å². The Bertz CT molecular complexity index is 607. The lowest BCUT2D eigenvalue weighted by Crippen LogP contribution is -2.37. The Balaban J connectivity index is 1.70. The first-order valence-electron chi connectivity index (χ1n) is 7.03. The molecule has 1 amide bonds. The van der Waals surface area contributed by atoms with Crippen LogP contribution in [0.2, 0.25) is 5.02 Å². The molecule has 0 heterocycles. The average molecular weight is 336 g/mol. The van der Waals surface area contributed by atoms with Crippen molar-refractivity contribution in [2.75, 3.05) is 12.3 Å². The summed E-state index contributed by atoms with van der Waals surface area (Å²) in [6.45, 7) is 2.32. The number of carbonyl (C=O) groups excluding carboxylic acids is 1. The summed E-state index contributed by atoms with van der Waals surface area (Å²) in [6.07, 6.45) is -0.555. The summed E-state index contributed by atoms with van der Waals surface area (Å²) in [7, 11) is 0. The molecule has 0 aromatic heterocycles. The van der Waals surface area contributed by atoms with Crippen LogP contribution in [0.5, 0.6) is 5.75 Å². The molecule has 0 bridgehead atoms. The molecule has 1 N–H and O–H groups in total. The van der Waals surface area contributed by atoms with Crippen molar-refractivity contribution in [3.05, 3.63) is 59.6 Å². The summed E-state index contributed by atoms with van der Waals surface area (Å²) in [6, 6.07) is 17.1. The van der Waals surface area contributed by atoms with E-state index >= 15 is 0 Å². The Morgan fingerprint density at radius 2 is 2.00 bits per heavy atom. The molecule has 0 aliphatic rings. The van der Waals surface area contributed by atoms with Gasteiger partial charge in [-0.15, -0.1) is 11.8 Å². The van der Waals surface area contributed by atoms with Crippen molar-refractivity contribution in [1.29, 1.82) is 0 Å². The highest BCUT2D eigenvalue weighted by molar-refractivity contribution is 7.99. The second kappa shape index (κ2) is 8.71. The zero-order chi connectivity index (χ0) is 15.8. The van der Waals surface area contributed by atoms with E-state index < -0.39 is 6.10 Å². The topological polar surface area (TPSA) is 38.3 Å². The molecular formula is C17H18ClNO2S. The molecule has 22 heavy (non-hydrogen) atoms. The minimum atomic E-state index is -0.555. The number of nitrogens with one attached hydrogen (secondary N) is 1. The van der Waals surface area contributed by atoms with Crippen molar-refractivity contribution < 1.29 is 9.53 Å². The first kappa shape index (κ1) is 16.7. The molecule has 0 saturated carbocycles. The zero-order valence-corrected chi connectivity index (χ0v) is 13.9. The summed E-state index contributed by atoms with van der Waals surface area (Å²) in [5, 5.41) is 3.46. The van der Waals surface area contributed by atoms with Crippen molar-refractivity contribution in [3.63, 3.8) is 0 Å². The van der Waals surface area contributed by atoms with Gasteiger partial charge in [-0.3, -0.25) is 4.79 Å². The summed E-state index contributed by atoms with van der Waals surface area (Å²) in [5.41, 5.74) is 0. The lowest BCUT2D eigenvalue weighted by molar-refractivity contribution is -0.127. The number of benzene rings is 2. The van der Waals surface area contributed by atoms with Crippen LogP contribution in [0.15, 0.2) is 59.5 Å². The van der Waals surface area contributed by atoms with Gasteiger partial charge in [-0.1, -0.05) is 35.9 Å². The van der Waals surface area contributed by atoms with Crippen LogP contribution >= 0.6 is 23.4 Å². The summed E-state index contributed by atoms with van der Waals surface area (Å²) in [5.74, 6) is 1.28. The van der Waals surface area contributed by atoms with E-state index in [0.29, 0.717) is 17.3 Å². The molecule has 2 aromatic rings. The Morgan fingerprint density at radius 3 is 2.73 bits per heavy atom. The molecular weight excluding hydrogens is 318 g/mol. The van der Waals surface area contributed by atoms with Gasteiger partial charge in [-0.25, -0.2) is 0 Å². The number of thioether (sulfide) groups is 1. The number of carbonyl (C=O) groups is 1. The second-order valence-electron chi connectivity index (χ2n) is 4.67. The molecule has 0 aliphatic carbocycles.